The number of nitrogens with zero attached hydrogens (tertiary/aromatic N) is 1. The van der Waals surface area contributed by atoms with E-state index >= 15 is 0 Å². The second-order valence-corrected chi connectivity index (χ2v) is 7.65. The summed E-state index contributed by atoms with van der Waals surface area (Å²) in [5.74, 6) is 0.835. The molecular formula is C20H21IN2O4S. The van der Waals surface area contributed by atoms with Crippen LogP contribution in [0.15, 0.2) is 42.5 Å². The largest absolute Gasteiger partial charge is 0.493 e. The molecule has 28 heavy (non-hydrogen) atoms. The van der Waals surface area contributed by atoms with Gasteiger partial charge in [0, 0.05) is 24.3 Å². The predicted octanol–water partition coefficient (Wildman–Crippen LogP) is 3.33. The second-order valence-electron chi connectivity index (χ2n) is 6.10. The molecule has 2 aromatic carbocycles. The maximum Gasteiger partial charge on any atom is 0.262 e. The van der Waals surface area contributed by atoms with E-state index < -0.39 is 0 Å². The number of hydrogen-bond donors (Lipinski definition) is 1. The van der Waals surface area contributed by atoms with Crippen LogP contribution < -0.4 is 14.8 Å². The first kappa shape index (κ1) is 20.8. The molecule has 0 unspecified atom stereocenters. The number of thiocarbonyl (C=S) groups is 1. The number of carbonyl (C=O) groups excluding carboxylic acids is 1. The molecule has 0 radical (unpaired) electrons. The molecule has 1 aliphatic rings. The molecule has 1 heterocycles. The van der Waals surface area contributed by atoms with E-state index in [2.05, 4.69) is 32.8 Å². The van der Waals surface area contributed by atoms with Crippen molar-refractivity contribution in [3.8, 4) is 11.5 Å². The Morgan fingerprint density at radius 1 is 1.25 bits per heavy atom. The molecule has 0 aromatic heterocycles. The summed E-state index contributed by atoms with van der Waals surface area (Å²) in [6.45, 7) is 2.78. The van der Waals surface area contributed by atoms with E-state index in [1.54, 1.807) is 7.11 Å². The van der Waals surface area contributed by atoms with Gasteiger partial charge in [0.05, 0.1) is 23.9 Å². The number of ether oxygens (including phenoxy) is 3. The van der Waals surface area contributed by atoms with Crippen LogP contribution in [0.5, 0.6) is 11.5 Å². The number of carbonyl (C=O) groups is 1. The minimum Gasteiger partial charge on any atom is -0.493 e. The fraction of sp³-hybridized carbons (Fsp3) is 0.300. The lowest BCUT2D eigenvalue weighted by atomic mass is 10.1. The number of halogens is 1. The molecular weight excluding hydrogens is 491 g/mol. The molecule has 6 nitrogen and oxygen atoms in total. The summed E-state index contributed by atoms with van der Waals surface area (Å²) in [6, 6.07) is 13.1. The fourth-order valence-electron chi connectivity index (χ4n) is 2.79. The Kier molecular flexibility index (Phi) is 7.46. The Morgan fingerprint density at radius 3 is 2.64 bits per heavy atom. The van der Waals surface area contributed by atoms with Gasteiger partial charge in [-0.1, -0.05) is 30.4 Å². The van der Waals surface area contributed by atoms with Crippen LogP contribution in [0.2, 0.25) is 0 Å². The average Bonchev–Trinajstić information content (AvgIpc) is 2.73. The van der Waals surface area contributed by atoms with Gasteiger partial charge in [-0.05, 0) is 46.9 Å². The molecule has 0 atom stereocenters. The summed E-state index contributed by atoms with van der Waals surface area (Å²) < 4.78 is 17.5. The SMILES string of the molecule is COc1cc(C(=S)N2CCOCC2)cc(I)c1OCC(=O)Nc1ccccc1. The van der Waals surface area contributed by atoms with Crippen molar-refractivity contribution in [2.75, 3.05) is 45.3 Å². The number of nitrogens with one attached hydrogen (secondary N) is 1. The lowest BCUT2D eigenvalue weighted by molar-refractivity contribution is -0.118. The topological polar surface area (TPSA) is 60.0 Å². The van der Waals surface area contributed by atoms with Crippen molar-refractivity contribution in [1.82, 2.24) is 4.90 Å². The summed E-state index contributed by atoms with van der Waals surface area (Å²) >= 11 is 7.81. The summed E-state index contributed by atoms with van der Waals surface area (Å²) in [5.41, 5.74) is 1.61. The maximum atomic E-state index is 12.2. The highest BCUT2D eigenvalue weighted by Gasteiger charge is 2.19. The summed E-state index contributed by atoms with van der Waals surface area (Å²) in [5, 5.41) is 2.80. The third-order valence-electron chi connectivity index (χ3n) is 4.18. The van der Waals surface area contributed by atoms with E-state index in [0.717, 1.165) is 32.9 Å². The minimum absolute atomic E-state index is 0.117. The quantitative estimate of drug-likeness (QED) is 0.474. The second kappa shape index (κ2) is 10.0. The van der Waals surface area contributed by atoms with Crippen LogP contribution in [-0.4, -0.2) is 55.8 Å². The lowest BCUT2D eigenvalue weighted by Gasteiger charge is -2.29. The highest BCUT2D eigenvalue weighted by Crippen LogP contribution is 2.34. The molecule has 1 saturated heterocycles. The summed E-state index contributed by atoms with van der Waals surface area (Å²) in [6.07, 6.45) is 0. The smallest absolute Gasteiger partial charge is 0.262 e. The van der Waals surface area contributed by atoms with E-state index in [0.29, 0.717) is 24.7 Å². The zero-order valence-electron chi connectivity index (χ0n) is 15.4. The van der Waals surface area contributed by atoms with Crippen LogP contribution in [0, 0.1) is 3.57 Å². The first-order valence-electron chi connectivity index (χ1n) is 8.80. The van der Waals surface area contributed by atoms with E-state index in [-0.39, 0.29) is 12.5 Å². The van der Waals surface area contributed by atoms with Gasteiger partial charge in [0.25, 0.3) is 5.91 Å². The van der Waals surface area contributed by atoms with E-state index in [9.17, 15) is 4.79 Å². The molecule has 2 aromatic rings. The average molecular weight is 512 g/mol. The molecule has 8 heteroatoms. The Bertz CT molecular complexity index is 842. The minimum atomic E-state index is -0.239. The first-order chi connectivity index (χ1) is 13.6. The number of para-hydroxylation sites is 1. The molecule has 3 rings (SSSR count). The number of methoxy groups -OCH3 is 1. The van der Waals surface area contributed by atoms with Crippen molar-refractivity contribution in [1.29, 1.82) is 0 Å². The number of anilines is 1. The van der Waals surface area contributed by atoms with Crippen molar-refractivity contribution in [2.45, 2.75) is 0 Å². The van der Waals surface area contributed by atoms with Crippen LogP contribution >= 0.6 is 34.8 Å². The molecule has 0 bridgehead atoms. The Balaban J connectivity index is 1.69. The van der Waals surface area contributed by atoms with Gasteiger partial charge in [-0.15, -0.1) is 0 Å². The van der Waals surface area contributed by atoms with Crippen LogP contribution in [0.25, 0.3) is 0 Å². The van der Waals surface area contributed by atoms with Crippen LogP contribution in [0.1, 0.15) is 5.56 Å². The van der Waals surface area contributed by atoms with Crippen LogP contribution in [0.4, 0.5) is 5.69 Å². The number of amides is 1. The lowest BCUT2D eigenvalue weighted by Crippen LogP contribution is -2.40. The molecule has 0 saturated carbocycles. The Morgan fingerprint density at radius 2 is 1.96 bits per heavy atom. The number of benzene rings is 2. The van der Waals surface area contributed by atoms with Crippen molar-refractivity contribution in [2.24, 2.45) is 0 Å². The predicted molar refractivity (Wildman–Crippen MR) is 120 cm³/mol. The van der Waals surface area contributed by atoms with Crippen LogP contribution in [0.3, 0.4) is 0 Å². The number of rotatable bonds is 6. The van der Waals surface area contributed by atoms with Gasteiger partial charge in [0.15, 0.2) is 18.1 Å². The monoisotopic (exact) mass is 512 g/mol. The van der Waals surface area contributed by atoms with E-state index in [4.69, 9.17) is 26.4 Å². The molecule has 1 aliphatic heterocycles. The third-order valence-corrected chi connectivity index (χ3v) is 5.48. The third kappa shape index (κ3) is 5.33. The Hall–Kier alpha value is -1.91. The van der Waals surface area contributed by atoms with Crippen molar-refractivity contribution in [3.63, 3.8) is 0 Å². The van der Waals surface area contributed by atoms with Gasteiger partial charge in [-0.3, -0.25) is 4.79 Å². The molecule has 1 N–H and O–H groups in total. The normalized spacial score (nSPS) is 13.7. The van der Waals surface area contributed by atoms with Gasteiger partial charge in [-0.2, -0.15) is 0 Å². The summed E-state index contributed by atoms with van der Waals surface area (Å²) in [7, 11) is 1.57. The van der Waals surface area contributed by atoms with Crippen molar-refractivity contribution < 1.29 is 19.0 Å². The number of morpholine rings is 1. The fourth-order valence-corrected chi connectivity index (χ4v) is 3.85. The maximum absolute atomic E-state index is 12.2. The molecule has 0 spiro atoms. The van der Waals surface area contributed by atoms with Crippen molar-refractivity contribution >= 4 is 51.4 Å². The highest BCUT2D eigenvalue weighted by atomic mass is 127. The van der Waals surface area contributed by atoms with Gasteiger partial charge < -0.3 is 24.4 Å². The van der Waals surface area contributed by atoms with E-state index in [1.807, 2.05) is 42.5 Å². The molecule has 1 fully saturated rings. The molecule has 1 amide bonds. The first-order valence-corrected chi connectivity index (χ1v) is 10.3. The highest BCUT2D eigenvalue weighted by molar-refractivity contribution is 14.1. The van der Waals surface area contributed by atoms with Gasteiger partial charge in [0.1, 0.15) is 4.99 Å². The van der Waals surface area contributed by atoms with Crippen LogP contribution in [-0.2, 0) is 9.53 Å². The Labute approximate surface area is 183 Å². The van der Waals surface area contributed by atoms with Crippen molar-refractivity contribution in [3.05, 3.63) is 51.6 Å². The zero-order valence-corrected chi connectivity index (χ0v) is 18.4. The standard InChI is InChI=1S/C20H21IN2O4S/c1-25-17-12-14(20(28)23-7-9-26-10-8-23)11-16(21)19(17)27-13-18(24)22-15-5-3-2-4-6-15/h2-6,11-12H,7-10,13H2,1H3,(H,22,24). The van der Waals surface area contributed by atoms with E-state index in [1.165, 1.54) is 0 Å². The zero-order chi connectivity index (χ0) is 19.9. The number of hydrogen-bond acceptors (Lipinski definition) is 5. The molecule has 148 valence electrons. The molecule has 0 aliphatic carbocycles. The van der Waals surface area contributed by atoms with Gasteiger partial charge in [0.2, 0.25) is 0 Å². The van der Waals surface area contributed by atoms with Gasteiger partial charge >= 0.3 is 0 Å². The van der Waals surface area contributed by atoms with Gasteiger partial charge in [-0.25, -0.2) is 0 Å². The summed E-state index contributed by atoms with van der Waals surface area (Å²) in [4.78, 5) is 15.0.